The Bertz CT molecular complexity index is 525. The largest absolute Gasteiger partial charge is 0.460 e. The van der Waals surface area contributed by atoms with Crippen molar-refractivity contribution in [2.45, 2.75) is 56.0 Å². The quantitative estimate of drug-likeness (QED) is 0.187. The molecule has 1 aromatic rings. The molecule has 0 aromatic carbocycles. The van der Waals surface area contributed by atoms with Gasteiger partial charge >= 0.3 is 5.97 Å². The molecular weight excluding hydrogens is 492 g/mol. The number of esters is 1. The highest BCUT2D eigenvalue weighted by atomic mass is 127. The lowest BCUT2D eigenvalue weighted by Gasteiger charge is -2.22. The number of aromatic nitrogens is 1. The highest BCUT2D eigenvalue weighted by Gasteiger charge is 2.27. The summed E-state index contributed by atoms with van der Waals surface area (Å²) in [5.41, 5.74) is 2.14. The Balaban J connectivity index is 2.03. The van der Waals surface area contributed by atoms with E-state index in [0.29, 0.717) is 16.3 Å². The number of halogens is 2. The van der Waals surface area contributed by atoms with Crippen LogP contribution >= 0.6 is 45.2 Å². The molecule has 116 valence electrons. The summed E-state index contributed by atoms with van der Waals surface area (Å²) in [6.45, 7) is 5.75. The molecule has 1 aliphatic carbocycles. The van der Waals surface area contributed by atoms with Crippen molar-refractivity contribution < 1.29 is 9.53 Å². The number of fused-ring (bicyclic) bond motifs is 1. The maximum absolute atomic E-state index is 12.0. The fourth-order valence-corrected chi connectivity index (χ4v) is 4.35. The Morgan fingerprint density at radius 1 is 1.43 bits per heavy atom. The fourth-order valence-electron chi connectivity index (χ4n) is 2.65. The van der Waals surface area contributed by atoms with Crippen molar-refractivity contribution in [1.82, 2.24) is 4.98 Å². The van der Waals surface area contributed by atoms with E-state index in [9.17, 15) is 4.79 Å². The first kappa shape index (κ1) is 17.4. The second kappa shape index (κ2) is 7.10. The molecular formula is C16H21I2NO2. The van der Waals surface area contributed by atoms with Crippen LogP contribution in [0.25, 0.3) is 0 Å². The van der Waals surface area contributed by atoms with Gasteiger partial charge in [0.2, 0.25) is 0 Å². The molecule has 0 amide bonds. The normalized spacial score (nSPS) is 22.3. The lowest BCUT2D eigenvalue weighted by molar-refractivity contribution is -0.156. The zero-order valence-corrected chi connectivity index (χ0v) is 17.0. The predicted molar refractivity (Wildman–Crippen MR) is 101 cm³/mol. The first-order valence-electron chi connectivity index (χ1n) is 7.26. The number of aryl methyl sites for hydroxylation is 1. The van der Waals surface area contributed by atoms with Gasteiger partial charge in [-0.2, -0.15) is 0 Å². The van der Waals surface area contributed by atoms with Gasteiger partial charge in [0.1, 0.15) is 9.30 Å². The Kier molecular flexibility index (Phi) is 5.90. The van der Waals surface area contributed by atoms with E-state index < -0.39 is 5.60 Å². The standard InChI is InChI=1S/C16H21I2NO2/c1-16(2,3)21-14(20)9-10-4-5-11-6-7-13(18)19-15(11)12(17)8-10/h6-7,10,12H,4-5,8-9H2,1-3H3. The molecule has 21 heavy (non-hydrogen) atoms. The topological polar surface area (TPSA) is 39.2 Å². The second-order valence-corrected chi connectivity index (χ2v) is 9.19. The summed E-state index contributed by atoms with van der Waals surface area (Å²) in [6.07, 6.45) is 3.56. The molecule has 0 radical (unpaired) electrons. The lowest BCUT2D eigenvalue weighted by atomic mass is 9.96. The molecule has 0 bridgehead atoms. The van der Waals surface area contributed by atoms with E-state index >= 15 is 0 Å². The molecule has 2 rings (SSSR count). The third-order valence-electron chi connectivity index (χ3n) is 3.51. The van der Waals surface area contributed by atoms with Crippen molar-refractivity contribution in [3.05, 3.63) is 27.1 Å². The van der Waals surface area contributed by atoms with Crippen LogP contribution in [0.1, 0.15) is 55.2 Å². The number of hydrogen-bond acceptors (Lipinski definition) is 3. The maximum Gasteiger partial charge on any atom is 0.306 e. The molecule has 0 fully saturated rings. The Hall–Kier alpha value is 0.0800. The summed E-state index contributed by atoms with van der Waals surface area (Å²) >= 11 is 4.72. The van der Waals surface area contributed by atoms with Crippen molar-refractivity contribution in [1.29, 1.82) is 0 Å². The first-order valence-corrected chi connectivity index (χ1v) is 9.58. The number of pyridine rings is 1. The summed E-state index contributed by atoms with van der Waals surface area (Å²) < 4.78 is 6.87. The summed E-state index contributed by atoms with van der Waals surface area (Å²) in [5.74, 6) is 0.304. The maximum atomic E-state index is 12.0. The highest BCUT2D eigenvalue weighted by molar-refractivity contribution is 14.1. The summed E-state index contributed by atoms with van der Waals surface area (Å²) in [5, 5.41) is 0. The van der Waals surface area contributed by atoms with Crippen molar-refractivity contribution >= 4 is 51.2 Å². The zero-order chi connectivity index (χ0) is 15.6. The van der Waals surface area contributed by atoms with Crippen LogP contribution in [0.15, 0.2) is 12.1 Å². The fraction of sp³-hybridized carbons (Fsp3) is 0.625. The van der Waals surface area contributed by atoms with Crippen LogP contribution in [0.4, 0.5) is 0 Å². The summed E-state index contributed by atoms with van der Waals surface area (Å²) in [7, 11) is 0. The van der Waals surface area contributed by atoms with Crippen molar-refractivity contribution in [3.8, 4) is 0 Å². The minimum Gasteiger partial charge on any atom is -0.460 e. The van der Waals surface area contributed by atoms with Crippen LogP contribution in [-0.2, 0) is 16.0 Å². The molecule has 3 nitrogen and oxygen atoms in total. The molecule has 1 aliphatic rings. The van der Waals surface area contributed by atoms with Gasteiger partial charge in [-0.3, -0.25) is 4.79 Å². The van der Waals surface area contributed by atoms with Crippen molar-refractivity contribution in [2.24, 2.45) is 5.92 Å². The van der Waals surface area contributed by atoms with E-state index in [1.165, 1.54) is 11.3 Å². The molecule has 0 saturated carbocycles. The Labute approximate surface area is 153 Å². The molecule has 1 heterocycles. The average Bonchev–Trinajstić information content (AvgIpc) is 2.47. The van der Waals surface area contributed by atoms with Gasteiger partial charge in [0.05, 0.1) is 9.62 Å². The zero-order valence-electron chi connectivity index (χ0n) is 12.7. The second-order valence-electron chi connectivity index (χ2n) is 6.58. The molecule has 0 aliphatic heterocycles. The Morgan fingerprint density at radius 3 is 2.81 bits per heavy atom. The van der Waals surface area contributed by atoms with E-state index in [1.807, 2.05) is 20.8 Å². The molecule has 0 saturated heterocycles. The van der Waals surface area contributed by atoms with Gasteiger partial charge in [-0.05, 0) is 80.2 Å². The van der Waals surface area contributed by atoms with Gasteiger partial charge in [0.25, 0.3) is 0 Å². The molecule has 1 aromatic heterocycles. The number of rotatable bonds is 2. The Morgan fingerprint density at radius 2 is 2.14 bits per heavy atom. The van der Waals surface area contributed by atoms with Gasteiger partial charge in [0.15, 0.2) is 0 Å². The van der Waals surface area contributed by atoms with Crippen LogP contribution in [-0.4, -0.2) is 16.6 Å². The van der Waals surface area contributed by atoms with E-state index in [-0.39, 0.29) is 5.97 Å². The van der Waals surface area contributed by atoms with Crippen LogP contribution in [0.5, 0.6) is 0 Å². The smallest absolute Gasteiger partial charge is 0.306 e. The predicted octanol–water partition coefficient (Wildman–Crippen LogP) is 4.85. The average molecular weight is 513 g/mol. The van der Waals surface area contributed by atoms with Crippen LogP contribution in [0, 0.1) is 9.62 Å². The summed E-state index contributed by atoms with van der Waals surface area (Å²) in [6, 6.07) is 4.25. The number of hydrogen-bond donors (Lipinski definition) is 0. The molecule has 2 unspecified atom stereocenters. The monoisotopic (exact) mass is 513 g/mol. The molecule has 0 spiro atoms. The van der Waals surface area contributed by atoms with Gasteiger partial charge < -0.3 is 4.74 Å². The SMILES string of the molecule is CC(C)(C)OC(=O)CC1CCc2ccc(I)nc2C(I)C1. The minimum atomic E-state index is -0.397. The van der Waals surface area contributed by atoms with E-state index in [4.69, 9.17) is 9.72 Å². The lowest BCUT2D eigenvalue weighted by Crippen LogP contribution is -2.25. The number of carbonyl (C=O) groups is 1. The van der Waals surface area contributed by atoms with E-state index in [0.717, 1.165) is 23.0 Å². The van der Waals surface area contributed by atoms with Crippen LogP contribution < -0.4 is 0 Å². The first-order chi connectivity index (χ1) is 9.74. The number of nitrogens with zero attached hydrogens (tertiary/aromatic N) is 1. The third kappa shape index (κ3) is 5.33. The van der Waals surface area contributed by atoms with Crippen LogP contribution in [0.3, 0.4) is 0 Å². The molecule has 0 N–H and O–H groups in total. The van der Waals surface area contributed by atoms with Crippen molar-refractivity contribution in [2.75, 3.05) is 0 Å². The van der Waals surface area contributed by atoms with Crippen molar-refractivity contribution in [3.63, 3.8) is 0 Å². The van der Waals surface area contributed by atoms with Gasteiger partial charge in [-0.25, -0.2) is 4.98 Å². The number of carbonyl (C=O) groups excluding carboxylic acids is 1. The molecule has 5 heteroatoms. The number of alkyl halides is 1. The van der Waals surface area contributed by atoms with E-state index in [2.05, 4.69) is 57.3 Å². The van der Waals surface area contributed by atoms with E-state index in [1.54, 1.807) is 0 Å². The third-order valence-corrected chi connectivity index (χ3v) is 5.21. The van der Waals surface area contributed by atoms with Gasteiger partial charge in [-0.1, -0.05) is 28.7 Å². The summed E-state index contributed by atoms with van der Waals surface area (Å²) in [4.78, 5) is 16.7. The number of ether oxygens (including phenoxy) is 1. The molecule has 2 atom stereocenters. The van der Waals surface area contributed by atoms with Crippen LogP contribution in [0.2, 0.25) is 0 Å². The minimum absolute atomic E-state index is 0.0791. The van der Waals surface area contributed by atoms with Gasteiger partial charge in [-0.15, -0.1) is 0 Å². The highest BCUT2D eigenvalue weighted by Crippen LogP contribution is 2.38. The van der Waals surface area contributed by atoms with Gasteiger partial charge in [0, 0.05) is 6.42 Å².